The van der Waals surface area contributed by atoms with Crippen molar-refractivity contribution in [1.29, 1.82) is 0 Å². The molecule has 2 rings (SSSR count). The normalized spacial score (nSPS) is 21.6. The van der Waals surface area contributed by atoms with E-state index in [0.717, 1.165) is 12.8 Å². The minimum atomic E-state index is -0.589. The van der Waals surface area contributed by atoms with E-state index in [4.69, 9.17) is 0 Å². The van der Waals surface area contributed by atoms with Crippen LogP contribution in [0, 0.1) is 11.6 Å². The van der Waals surface area contributed by atoms with Crippen LogP contribution >= 0.6 is 0 Å². The highest BCUT2D eigenvalue weighted by Gasteiger charge is 2.24. The average Bonchev–Trinajstić information content (AvgIpc) is 2.55. The fourth-order valence-electron chi connectivity index (χ4n) is 2.41. The van der Waals surface area contributed by atoms with Crippen LogP contribution in [-0.2, 0) is 4.79 Å². The van der Waals surface area contributed by atoms with E-state index in [1.54, 1.807) is 6.92 Å². The molecule has 1 saturated heterocycles. The van der Waals surface area contributed by atoms with Gasteiger partial charge in [-0.05, 0) is 38.3 Å². The third kappa shape index (κ3) is 3.29. The number of rotatable bonds is 3. The first-order chi connectivity index (χ1) is 9.09. The predicted molar refractivity (Wildman–Crippen MR) is 68.6 cm³/mol. The minimum absolute atomic E-state index is 0.0143. The summed E-state index contributed by atoms with van der Waals surface area (Å²) in [5, 5.41) is 5.81. The van der Waals surface area contributed by atoms with Gasteiger partial charge in [0.05, 0.1) is 6.04 Å². The van der Waals surface area contributed by atoms with Crippen molar-refractivity contribution in [3.63, 3.8) is 0 Å². The highest BCUT2D eigenvalue weighted by Crippen LogP contribution is 2.21. The summed E-state index contributed by atoms with van der Waals surface area (Å²) in [4.78, 5) is 11.8. The lowest BCUT2D eigenvalue weighted by Crippen LogP contribution is -2.44. The fourth-order valence-corrected chi connectivity index (χ4v) is 2.41. The zero-order valence-corrected chi connectivity index (χ0v) is 10.9. The van der Waals surface area contributed by atoms with E-state index in [1.165, 1.54) is 18.2 Å². The van der Waals surface area contributed by atoms with Crippen molar-refractivity contribution in [3.05, 3.63) is 35.4 Å². The summed E-state index contributed by atoms with van der Waals surface area (Å²) in [5.74, 6) is -1.27. The Balaban J connectivity index is 2.11. The maximum atomic E-state index is 13.7. The number of carbonyl (C=O) groups is 1. The maximum Gasteiger partial charge on any atom is 0.237 e. The van der Waals surface area contributed by atoms with Gasteiger partial charge in [-0.1, -0.05) is 6.07 Å². The van der Waals surface area contributed by atoms with Gasteiger partial charge in [-0.25, -0.2) is 8.78 Å². The summed E-state index contributed by atoms with van der Waals surface area (Å²) in [5.41, 5.74) is -0.0143. The highest BCUT2D eigenvalue weighted by molar-refractivity contribution is 5.81. The number of hydrogen-bond acceptors (Lipinski definition) is 2. The Bertz CT molecular complexity index is 445. The molecule has 1 aromatic rings. The van der Waals surface area contributed by atoms with Gasteiger partial charge in [0.1, 0.15) is 11.6 Å². The van der Waals surface area contributed by atoms with Crippen LogP contribution in [-0.4, -0.2) is 18.5 Å². The molecule has 1 heterocycles. The van der Waals surface area contributed by atoms with Crippen molar-refractivity contribution in [2.24, 2.45) is 0 Å². The molecule has 1 aromatic carbocycles. The van der Waals surface area contributed by atoms with Crippen LogP contribution in [0.5, 0.6) is 0 Å². The monoisotopic (exact) mass is 268 g/mol. The van der Waals surface area contributed by atoms with Gasteiger partial charge in [-0.2, -0.15) is 0 Å². The zero-order chi connectivity index (χ0) is 13.8. The lowest BCUT2D eigenvalue weighted by atomic mass is 10.0. The van der Waals surface area contributed by atoms with E-state index < -0.39 is 23.7 Å². The summed E-state index contributed by atoms with van der Waals surface area (Å²) in [6, 6.07) is 2.85. The van der Waals surface area contributed by atoms with Crippen LogP contribution in [0.4, 0.5) is 8.78 Å². The summed E-state index contributed by atoms with van der Waals surface area (Å²) >= 11 is 0. The SMILES string of the molecule is CC(NC1CCCCNC1=O)c1c(F)cccc1F. The maximum absolute atomic E-state index is 13.7. The van der Waals surface area contributed by atoms with Crippen LogP contribution in [0.15, 0.2) is 18.2 Å². The van der Waals surface area contributed by atoms with Crippen molar-refractivity contribution in [2.75, 3.05) is 6.54 Å². The van der Waals surface area contributed by atoms with Crippen molar-refractivity contribution < 1.29 is 13.6 Å². The zero-order valence-electron chi connectivity index (χ0n) is 10.9. The third-order valence-electron chi connectivity index (χ3n) is 3.42. The first-order valence-electron chi connectivity index (χ1n) is 6.57. The lowest BCUT2D eigenvalue weighted by Gasteiger charge is -2.22. The fraction of sp³-hybridized carbons (Fsp3) is 0.500. The molecule has 1 amide bonds. The topological polar surface area (TPSA) is 41.1 Å². The molecule has 2 N–H and O–H groups in total. The molecule has 0 bridgehead atoms. The van der Waals surface area contributed by atoms with Crippen molar-refractivity contribution in [2.45, 2.75) is 38.3 Å². The number of amides is 1. The van der Waals surface area contributed by atoms with E-state index in [-0.39, 0.29) is 11.5 Å². The molecule has 0 spiro atoms. The second kappa shape index (κ2) is 6.10. The van der Waals surface area contributed by atoms with Gasteiger partial charge >= 0.3 is 0 Å². The Morgan fingerprint density at radius 3 is 2.68 bits per heavy atom. The van der Waals surface area contributed by atoms with Gasteiger partial charge in [0.15, 0.2) is 0 Å². The van der Waals surface area contributed by atoms with E-state index in [9.17, 15) is 13.6 Å². The van der Waals surface area contributed by atoms with Gasteiger partial charge in [0.2, 0.25) is 5.91 Å². The minimum Gasteiger partial charge on any atom is -0.355 e. The molecule has 1 fully saturated rings. The van der Waals surface area contributed by atoms with E-state index in [0.29, 0.717) is 13.0 Å². The second-order valence-corrected chi connectivity index (χ2v) is 4.86. The molecular weight excluding hydrogens is 250 g/mol. The van der Waals surface area contributed by atoms with E-state index >= 15 is 0 Å². The molecule has 1 aliphatic heterocycles. The average molecular weight is 268 g/mol. The van der Waals surface area contributed by atoms with Crippen LogP contribution < -0.4 is 10.6 Å². The number of carbonyl (C=O) groups excluding carboxylic acids is 1. The summed E-state index contributed by atoms with van der Waals surface area (Å²) in [6.07, 6.45) is 2.54. The molecule has 0 aliphatic carbocycles. The Morgan fingerprint density at radius 2 is 2.00 bits per heavy atom. The molecule has 0 saturated carbocycles. The Labute approximate surface area is 111 Å². The quantitative estimate of drug-likeness (QED) is 0.883. The highest BCUT2D eigenvalue weighted by atomic mass is 19.1. The van der Waals surface area contributed by atoms with Crippen molar-refractivity contribution in [3.8, 4) is 0 Å². The van der Waals surface area contributed by atoms with Crippen LogP contribution in [0.2, 0.25) is 0 Å². The summed E-state index contributed by atoms with van der Waals surface area (Å²) < 4.78 is 27.3. The van der Waals surface area contributed by atoms with Gasteiger partial charge in [-0.3, -0.25) is 10.1 Å². The predicted octanol–water partition coefficient (Wildman–Crippen LogP) is 2.28. The molecule has 2 atom stereocenters. The molecule has 0 radical (unpaired) electrons. The first kappa shape index (κ1) is 13.9. The Hall–Kier alpha value is -1.49. The van der Waals surface area contributed by atoms with Gasteiger partial charge in [0.25, 0.3) is 0 Å². The van der Waals surface area contributed by atoms with Crippen LogP contribution in [0.1, 0.15) is 37.8 Å². The van der Waals surface area contributed by atoms with Gasteiger partial charge < -0.3 is 5.32 Å². The smallest absolute Gasteiger partial charge is 0.237 e. The molecule has 104 valence electrons. The van der Waals surface area contributed by atoms with E-state index in [2.05, 4.69) is 10.6 Å². The summed E-state index contributed by atoms with van der Waals surface area (Å²) in [7, 11) is 0. The van der Waals surface area contributed by atoms with Gasteiger partial charge in [0, 0.05) is 18.2 Å². The molecule has 19 heavy (non-hydrogen) atoms. The number of halogens is 2. The largest absolute Gasteiger partial charge is 0.355 e. The lowest BCUT2D eigenvalue weighted by molar-refractivity contribution is -0.123. The molecular formula is C14H18F2N2O. The van der Waals surface area contributed by atoms with Crippen molar-refractivity contribution in [1.82, 2.24) is 10.6 Å². The van der Waals surface area contributed by atoms with Crippen LogP contribution in [0.3, 0.4) is 0 Å². The van der Waals surface area contributed by atoms with Crippen molar-refractivity contribution >= 4 is 5.91 Å². The van der Waals surface area contributed by atoms with Crippen LogP contribution in [0.25, 0.3) is 0 Å². The summed E-state index contributed by atoms with van der Waals surface area (Å²) in [6.45, 7) is 2.33. The first-order valence-corrected chi connectivity index (χ1v) is 6.57. The molecule has 5 heteroatoms. The standard InChI is InChI=1S/C14H18F2N2O/c1-9(13-10(15)5-4-6-11(13)16)18-12-7-2-3-8-17-14(12)19/h4-6,9,12,18H,2-3,7-8H2,1H3,(H,17,19). The second-order valence-electron chi connectivity index (χ2n) is 4.86. The van der Waals surface area contributed by atoms with Gasteiger partial charge in [-0.15, -0.1) is 0 Å². The molecule has 1 aliphatic rings. The number of benzene rings is 1. The third-order valence-corrected chi connectivity index (χ3v) is 3.42. The molecule has 2 unspecified atom stereocenters. The molecule has 0 aromatic heterocycles. The number of hydrogen-bond donors (Lipinski definition) is 2. The van der Waals surface area contributed by atoms with E-state index in [1.807, 2.05) is 0 Å². The Kier molecular flexibility index (Phi) is 4.47. The number of nitrogens with one attached hydrogen (secondary N) is 2. The Morgan fingerprint density at radius 1 is 1.32 bits per heavy atom. The molecule has 3 nitrogen and oxygen atoms in total.